The Balaban J connectivity index is 2.47. The summed E-state index contributed by atoms with van der Waals surface area (Å²) in [5.41, 5.74) is 1.06. The molecule has 116 valence electrons. The lowest BCUT2D eigenvalue weighted by molar-refractivity contribution is 0.471. The van der Waals surface area contributed by atoms with E-state index in [2.05, 4.69) is 22.6 Å². The van der Waals surface area contributed by atoms with Crippen LogP contribution in [0.4, 0.5) is 0 Å². The molecule has 0 saturated carbocycles. The van der Waals surface area contributed by atoms with Crippen molar-refractivity contribution in [3.8, 4) is 0 Å². The molecule has 6 heteroatoms. The molecule has 0 aliphatic rings. The van der Waals surface area contributed by atoms with E-state index in [4.69, 9.17) is 0 Å². The Morgan fingerprint density at radius 3 is 2.70 bits per heavy atom. The Kier molecular flexibility index (Phi) is 7.69. The summed E-state index contributed by atoms with van der Waals surface area (Å²) in [4.78, 5) is 4.49. The van der Waals surface area contributed by atoms with Crippen LogP contribution in [0.1, 0.15) is 43.8 Å². The van der Waals surface area contributed by atoms with Crippen LogP contribution >= 0.6 is 11.3 Å². The highest BCUT2D eigenvalue weighted by Gasteiger charge is 2.13. The summed E-state index contributed by atoms with van der Waals surface area (Å²) in [5.74, 6) is 0.538. The number of hydrogen-bond acceptors (Lipinski definition) is 5. The van der Waals surface area contributed by atoms with Gasteiger partial charge >= 0.3 is 0 Å². The largest absolute Gasteiger partial charge is 0.314 e. The molecule has 1 atom stereocenters. The monoisotopic (exact) mass is 318 g/mol. The number of hydrogen-bond donors (Lipinski definition) is 1. The Morgan fingerprint density at radius 1 is 1.40 bits per heavy atom. The maximum absolute atomic E-state index is 11.5. The van der Waals surface area contributed by atoms with Crippen molar-refractivity contribution < 1.29 is 8.42 Å². The molecule has 1 N–H and O–H groups in total. The molecule has 0 amide bonds. The minimum atomic E-state index is -2.85. The molecule has 1 heterocycles. The van der Waals surface area contributed by atoms with E-state index in [1.54, 1.807) is 18.3 Å². The summed E-state index contributed by atoms with van der Waals surface area (Å²) in [7, 11) is -2.85. The zero-order chi connectivity index (χ0) is 15.0. The normalized spacial score (nSPS) is 13.6. The van der Waals surface area contributed by atoms with E-state index in [9.17, 15) is 8.42 Å². The number of aromatic nitrogens is 1. The van der Waals surface area contributed by atoms with Gasteiger partial charge in [-0.3, -0.25) is 0 Å². The quantitative estimate of drug-likeness (QED) is 0.720. The first kappa shape index (κ1) is 17.6. The molecule has 0 fully saturated rings. The molecule has 0 aliphatic carbocycles. The van der Waals surface area contributed by atoms with E-state index >= 15 is 0 Å². The van der Waals surface area contributed by atoms with E-state index in [-0.39, 0.29) is 5.75 Å². The lowest BCUT2D eigenvalue weighted by Gasteiger charge is -2.17. The number of sulfone groups is 1. The summed E-state index contributed by atoms with van der Waals surface area (Å²) < 4.78 is 23.1. The molecule has 0 radical (unpaired) electrons. The van der Waals surface area contributed by atoms with Gasteiger partial charge < -0.3 is 5.32 Å². The predicted molar refractivity (Wildman–Crippen MR) is 86.2 cm³/mol. The van der Waals surface area contributed by atoms with Crippen molar-refractivity contribution in [2.75, 3.05) is 18.1 Å². The van der Waals surface area contributed by atoms with Crippen molar-refractivity contribution in [3.63, 3.8) is 0 Å². The lowest BCUT2D eigenvalue weighted by atomic mass is 10.1. The minimum Gasteiger partial charge on any atom is -0.314 e. The fourth-order valence-corrected chi connectivity index (χ4v) is 3.77. The maximum Gasteiger partial charge on any atom is 0.150 e. The highest BCUT2D eigenvalue weighted by atomic mass is 32.2. The molecule has 0 aliphatic heterocycles. The minimum absolute atomic E-state index is 0.242. The van der Waals surface area contributed by atoms with Gasteiger partial charge in [0.15, 0.2) is 0 Å². The van der Waals surface area contributed by atoms with Crippen molar-refractivity contribution in [2.24, 2.45) is 0 Å². The van der Waals surface area contributed by atoms with Crippen LogP contribution in [-0.4, -0.2) is 37.5 Å². The third kappa shape index (κ3) is 6.81. The number of rotatable bonds is 10. The van der Waals surface area contributed by atoms with Crippen LogP contribution in [0.3, 0.4) is 0 Å². The Hall–Kier alpha value is -0.460. The number of nitrogens with one attached hydrogen (secondary N) is 1. The molecule has 1 aromatic heterocycles. The third-order valence-corrected chi connectivity index (χ3v) is 6.00. The zero-order valence-corrected chi connectivity index (χ0v) is 14.3. The van der Waals surface area contributed by atoms with Gasteiger partial charge in [0.05, 0.1) is 10.8 Å². The van der Waals surface area contributed by atoms with Crippen LogP contribution in [0.2, 0.25) is 0 Å². The van der Waals surface area contributed by atoms with Gasteiger partial charge in [0.2, 0.25) is 0 Å². The fourth-order valence-electron chi connectivity index (χ4n) is 2.03. The van der Waals surface area contributed by atoms with Crippen molar-refractivity contribution in [1.82, 2.24) is 10.3 Å². The van der Waals surface area contributed by atoms with Crippen molar-refractivity contribution in [3.05, 3.63) is 16.1 Å². The average molecular weight is 319 g/mol. The van der Waals surface area contributed by atoms with Gasteiger partial charge in [-0.1, -0.05) is 13.8 Å². The van der Waals surface area contributed by atoms with E-state index in [1.165, 1.54) is 0 Å². The van der Waals surface area contributed by atoms with Crippen molar-refractivity contribution >= 4 is 21.2 Å². The molecule has 0 aromatic carbocycles. The molecule has 1 rings (SSSR count). The van der Waals surface area contributed by atoms with Crippen LogP contribution in [-0.2, 0) is 16.3 Å². The summed E-state index contributed by atoms with van der Waals surface area (Å²) in [6.07, 6.45) is 3.59. The average Bonchev–Trinajstić information content (AvgIpc) is 2.81. The summed E-state index contributed by atoms with van der Waals surface area (Å²) >= 11 is 1.69. The molecular weight excluding hydrogens is 292 g/mol. The second kappa shape index (κ2) is 8.74. The first-order valence-corrected chi connectivity index (χ1v) is 10.0. The summed E-state index contributed by atoms with van der Waals surface area (Å²) in [5, 5.41) is 6.70. The van der Waals surface area contributed by atoms with Gasteiger partial charge in [-0.15, -0.1) is 11.3 Å². The fraction of sp³-hybridized carbons (Fsp3) is 0.786. The first-order chi connectivity index (χ1) is 9.46. The Bertz CT molecular complexity index is 483. The smallest absolute Gasteiger partial charge is 0.150 e. The molecular formula is C14H26N2O2S2. The van der Waals surface area contributed by atoms with Crippen LogP contribution in [0.15, 0.2) is 5.38 Å². The molecule has 0 saturated heterocycles. The zero-order valence-electron chi connectivity index (χ0n) is 12.7. The molecule has 20 heavy (non-hydrogen) atoms. The molecule has 4 nitrogen and oxygen atoms in total. The van der Waals surface area contributed by atoms with E-state index < -0.39 is 9.84 Å². The van der Waals surface area contributed by atoms with Gasteiger partial charge in [-0.2, -0.15) is 0 Å². The third-order valence-electron chi connectivity index (χ3n) is 3.22. The van der Waals surface area contributed by atoms with Crippen LogP contribution in [0, 0.1) is 6.92 Å². The van der Waals surface area contributed by atoms with Gasteiger partial charge in [0, 0.05) is 29.3 Å². The highest BCUT2D eigenvalue weighted by molar-refractivity contribution is 7.91. The molecule has 0 bridgehead atoms. The van der Waals surface area contributed by atoms with Gasteiger partial charge in [0.25, 0.3) is 0 Å². The topological polar surface area (TPSA) is 59.1 Å². The number of nitrogens with zero attached hydrogens (tertiary/aromatic N) is 1. The first-order valence-electron chi connectivity index (χ1n) is 7.31. The maximum atomic E-state index is 11.5. The molecule has 0 spiro atoms. The summed E-state index contributed by atoms with van der Waals surface area (Å²) in [6, 6.07) is 0.326. The van der Waals surface area contributed by atoms with Crippen molar-refractivity contribution in [1.29, 1.82) is 0 Å². The number of aryl methyl sites for hydroxylation is 1. The number of thiazole rings is 1. The molecule has 1 aromatic rings. The van der Waals surface area contributed by atoms with E-state index in [1.807, 2.05) is 6.92 Å². The summed E-state index contributed by atoms with van der Waals surface area (Å²) in [6.45, 7) is 6.82. The van der Waals surface area contributed by atoms with Gasteiger partial charge in [-0.05, 0) is 32.7 Å². The van der Waals surface area contributed by atoms with Gasteiger partial charge in [0.1, 0.15) is 9.84 Å². The Labute approximate surface area is 126 Å². The standard InChI is InChI=1S/C14H26N2O2S2/c1-4-8-15-13(7-6-9-20(17,18)5-2)10-14-16-12(3)11-19-14/h11,13,15H,4-10H2,1-3H3. The molecule has 1 unspecified atom stereocenters. The predicted octanol–water partition coefficient (Wildman–Crippen LogP) is 2.58. The lowest BCUT2D eigenvalue weighted by Crippen LogP contribution is -2.32. The highest BCUT2D eigenvalue weighted by Crippen LogP contribution is 2.14. The van der Waals surface area contributed by atoms with Crippen LogP contribution in [0.25, 0.3) is 0 Å². The second-order valence-corrected chi connectivity index (χ2v) is 8.53. The van der Waals surface area contributed by atoms with Gasteiger partial charge in [-0.25, -0.2) is 13.4 Å². The van der Waals surface area contributed by atoms with E-state index in [0.717, 1.165) is 42.9 Å². The van der Waals surface area contributed by atoms with Crippen LogP contribution in [0.5, 0.6) is 0 Å². The Morgan fingerprint density at radius 2 is 2.15 bits per heavy atom. The SMILES string of the molecule is CCCNC(CCCS(=O)(=O)CC)Cc1nc(C)cs1. The van der Waals surface area contributed by atoms with Crippen LogP contribution < -0.4 is 5.32 Å². The van der Waals surface area contributed by atoms with Crippen molar-refractivity contribution in [2.45, 2.75) is 52.5 Å². The van der Waals surface area contributed by atoms with E-state index in [0.29, 0.717) is 11.8 Å². The second-order valence-electron chi connectivity index (χ2n) is 5.12.